The zero-order valence-electron chi connectivity index (χ0n) is 19.1. The van der Waals surface area contributed by atoms with Gasteiger partial charge in [0, 0.05) is 28.9 Å². The lowest BCUT2D eigenvalue weighted by Crippen LogP contribution is -2.31. The van der Waals surface area contributed by atoms with Gasteiger partial charge in [-0.3, -0.25) is 9.20 Å². The molecule has 168 valence electrons. The third kappa shape index (κ3) is 4.12. The Balaban J connectivity index is 1.81. The molecule has 1 atom stereocenters. The highest BCUT2D eigenvalue weighted by Crippen LogP contribution is 2.30. The summed E-state index contributed by atoms with van der Waals surface area (Å²) in [5, 5.41) is 12.9. The van der Waals surface area contributed by atoms with E-state index in [1.807, 2.05) is 33.0 Å². The molecule has 2 aromatic heterocycles. The van der Waals surface area contributed by atoms with Crippen LogP contribution in [-0.2, 0) is 0 Å². The second kappa shape index (κ2) is 8.74. The van der Waals surface area contributed by atoms with Crippen LogP contribution in [0.3, 0.4) is 0 Å². The van der Waals surface area contributed by atoms with Gasteiger partial charge in [-0.2, -0.15) is 0 Å². The quantitative estimate of drug-likeness (QED) is 0.631. The average Bonchev–Trinajstić information content (AvgIpc) is 2.77. The van der Waals surface area contributed by atoms with Crippen molar-refractivity contribution in [2.24, 2.45) is 0 Å². The van der Waals surface area contributed by atoms with Crippen molar-refractivity contribution in [3.63, 3.8) is 0 Å². The number of anilines is 1. The Hall–Kier alpha value is -3.19. The van der Waals surface area contributed by atoms with Crippen LogP contribution in [0.15, 0.2) is 41.3 Å². The lowest BCUT2D eigenvalue weighted by Gasteiger charge is -2.29. The number of nitrogens with zero attached hydrogens (tertiary/aromatic N) is 3. The van der Waals surface area contributed by atoms with Gasteiger partial charge in [-0.25, -0.2) is 9.78 Å². The molecule has 32 heavy (non-hydrogen) atoms. The predicted octanol–water partition coefficient (Wildman–Crippen LogP) is 3.99. The van der Waals surface area contributed by atoms with Crippen molar-refractivity contribution in [1.29, 1.82) is 0 Å². The number of hydrogen-bond donors (Lipinski definition) is 2. The van der Waals surface area contributed by atoms with Gasteiger partial charge in [0.05, 0.1) is 17.3 Å². The monoisotopic (exact) mass is 434 g/mol. The van der Waals surface area contributed by atoms with Gasteiger partial charge in [0.15, 0.2) is 0 Å². The molecule has 3 aromatic rings. The van der Waals surface area contributed by atoms with E-state index in [4.69, 9.17) is 4.98 Å². The molecule has 1 aliphatic heterocycles. The summed E-state index contributed by atoms with van der Waals surface area (Å²) in [6.45, 7) is 7.79. The van der Waals surface area contributed by atoms with E-state index in [0.29, 0.717) is 16.9 Å². The summed E-state index contributed by atoms with van der Waals surface area (Å²) in [5.74, 6) is -0.710. The normalized spacial score (nSPS) is 16.2. The number of carbonyl (C=O) groups is 1. The topological polar surface area (TPSA) is 86.9 Å². The standard InChI is InChI=1S/C25H30N4O3/c1-15-13-20(17(3)26-21-8-6-5-7-19(21)25(31)32)23-27-22(16(2)24(30)29(23)14-15)18-9-11-28(4)12-10-18/h5-8,13-14,17-18,26H,9-12H2,1-4H3,(H,31,32)/t17-/m1/s1. The number of carboxylic acid groups (broad SMARTS) is 1. The van der Waals surface area contributed by atoms with Gasteiger partial charge in [-0.05, 0) is 77.5 Å². The fourth-order valence-corrected chi connectivity index (χ4v) is 4.62. The van der Waals surface area contributed by atoms with E-state index in [1.54, 1.807) is 28.7 Å². The number of fused-ring (bicyclic) bond motifs is 1. The van der Waals surface area contributed by atoms with E-state index in [2.05, 4.69) is 17.3 Å². The summed E-state index contributed by atoms with van der Waals surface area (Å²) < 4.78 is 1.64. The van der Waals surface area contributed by atoms with Crippen LogP contribution >= 0.6 is 0 Å². The number of piperidine rings is 1. The fourth-order valence-electron chi connectivity index (χ4n) is 4.62. The molecule has 0 spiro atoms. The number of carboxylic acids is 1. The molecule has 0 saturated carbocycles. The van der Waals surface area contributed by atoms with Gasteiger partial charge in [0.25, 0.3) is 5.56 Å². The molecule has 2 N–H and O–H groups in total. The summed E-state index contributed by atoms with van der Waals surface area (Å²) in [5.41, 5.74) is 4.78. The third-order valence-corrected chi connectivity index (χ3v) is 6.45. The Kier molecular flexibility index (Phi) is 6.02. The van der Waals surface area contributed by atoms with Crippen molar-refractivity contribution in [2.45, 2.75) is 45.6 Å². The second-order valence-electron chi connectivity index (χ2n) is 8.89. The van der Waals surface area contributed by atoms with Crippen molar-refractivity contribution >= 4 is 17.3 Å². The number of aryl methyl sites for hydroxylation is 1. The summed E-state index contributed by atoms with van der Waals surface area (Å²) in [4.78, 5) is 32.3. The maximum atomic E-state index is 13.3. The predicted molar refractivity (Wildman–Crippen MR) is 126 cm³/mol. The third-order valence-electron chi connectivity index (χ3n) is 6.45. The molecule has 4 rings (SSSR count). The van der Waals surface area contributed by atoms with Crippen LogP contribution in [0.4, 0.5) is 5.69 Å². The maximum absolute atomic E-state index is 13.3. The van der Waals surface area contributed by atoms with Gasteiger partial charge in [0.1, 0.15) is 5.65 Å². The highest BCUT2D eigenvalue weighted by molar-refractivity contribution is 5.94. The average molecular weight is 435 g/mol. The molecule has 0 unspecified atom stereocenters. The summed E-state index contributed by atoms with van der Waals surface area (Å²) in [7, 11) is 2.12. The first-order chi connectivity index (χ1) is 15.3. The van der Waals surface area contributed by atoms with Crippen LogP contribution in [0.5, 0.6) is 0 Å². The first-order valence-corrected chi connectivity index (χ1v) is 11.1. The number of hydrogen-bond acceptors (Lipinski definition) is 5. The first-order valence-electron chi connectivity index (χ1n) is 11.1. The van der Waals surface area contributed by atoms with Crippen LogP contribution in [0.2, 0.25) is 0 Å². The molecule has 1 saturated heterocycles. The van der Waals surface area contributed by atoms with Gasteiger partial charge >= 0.3 is 5.97 Å². The van der Waals surface area contributed by atoms with E-state index in [-0.39, 0.29) is 23.1 Å². The van der Waals surface area contributed by atoms with Crippen molar-refractivity contribution < 1.29 is 9.90 Å². The number of para-hydroxylation sites is 1. The lowest BCUT2D eigenvalue weighted by atomic mass is 9.91. The Bertz CT molecular complexity index is 1230. The number of nitrogens with one attached hydrogen (secondary N) is 1. The zero-order chi connectivity index (χ0) is 23.0. The van der Waals surface area contributed by atoms with E-state index in [9.17, 15) is 14.7 Å². The molecule has 1 aromatic carbocycles. The summed E-state index contributed by atoms with van der Waals surface area (Å²) >= 11 is 0. The Morgan fingerprint density at radius 2 is 1.91 bits per heavy atom. The summed E-state index contributed by atoms with van der Waals surface area (Å²) in [6, 6.07) is 8.63. The minimum atomic E-state index is -0.982. The van der Waals surface area contributed by atoms with Crippen molar-refractivity contribution in [1.82, 2.24) is 14.3 Å². The zero-order valence-corrected chi connectivity index (χ0v) is 19.1. The number of rotatable bonds is 5. The lowest BCUT2D eigenvalue weighted by molar-refractivity contribution is 0.0698. The molecular weight excluding hydrogens is 404 g/mol. The van der Waals surface area contributed by atoms with Crippen LogP contribution in [0.25, 0.3) is 5.65 Å². The molecule has 3 heterocycles. The molecule has 1 fully saturated rings. The number of likely N-dealkylation sites (tertiary alicyclic amines) is 1. The SMILES string of the molecule is Cc1cc([C@@H](C)Nc2ccccc2C(=O)O)c2nc(C3CCN(C)CC3)c(C)c(=O)n2c1. The van der Waals surface area contributed by atoms with Crippen molar-refractivity contribution in [3.8, 4) is 0 Å². The molecule has 0 bridgehead atoms. The van der Waals surface area contributed by atoms with Crippen molar-refractivity contribution in [2.75, 3.05) is 25.5 Å². The van der Waals surface area contributed by atoms with E-state index < -0.39 is 5.97 Å². The van der Waals surface area contributed by atoms with E-state index >= 15 is 0 Å². The minimum Gasteiger partial charge on any atom is -0.478 e. The van der Waals surface area contributed by atoms with Crippen LogP contribution < -0.4 is 10.9 Å². The van der Waals surface area contributed by atoms with Crippen molar-refractivity contribution in [3.05, 3.63) is 74.8 Å². The Morgan fingerprint density at radius 1 is 1.22 bits per heavy atom. The number of pyridine rings is 1. The van der Waals surface area contributed by atoms with Gasteiger partial charge in [0.2, 0.25) is 0 Å². The van der Waals surface area contributed by atoms with E-state index in [1.165, 1.54) is 0 Å². The molecular formula is C25H30N4O3. The number of aromatic carboxylic acids is 1. The van der Waals surface area contributed by atoms with Crippen LogP contribution in [-0.4, -0.2) is 45.5 Å². The Labute approximate surface area is 187 Å². The smallest absolute Gasteiger partial charge is 0.337 e. The first kappa shape index (κ1) is 22.0. The molecule has 0 radical (unpaired) electrons. The van der Waals surface area contributed by atoms with Gasteiger partial charge in [-0.15, -0.1) is 0 Å². The second-order valence-corrected chi connectivity index (χ2v) is 8.89. The fraction of sp³-hybridized carbons (Fsp3) is 0.400. The van der Waals surface area contributed by atoms with Crippen LogP contribution in [0, 0.1) is 13.8 Å². The minimum absolute atomic E-state index is 0.0352. The van der Waals surface area contributed by atoms with Crippen LogP contribution in [0.1, 0.15) is 64.5 Å². The molecule has 0 amide bonds. The molecule has 1 aliphatic rings. The van der Waals surface area contributed by atoms with Gasteiger partial charge < -0.3 is 15.3 Å². The van der Waals surface area contributed by atoms with E-state index in [0.717, 1.165) is 42.8 Å². The number of aromatic nitrogens is 2. The number of benzene rings is 1. The molecule has 7 heteroatoms. The Morgan fingerprint density at radius 3 is 2.59 bits per heavy atom. The summed E-state index contributed by atoms with van der Waals surface area (Å²) in [6.07, 6.45) is 3.80. The molecule has 0 aliphatic carbocycles. The highest BCUT2D eigenvalue weighted by Gasteiger charge is 2.25. The maximum Gasteiger partial charge on any atom is 0.337 e. The van der Waals surface area contributed by atoms with Gasteiger partial charge in [-0.1, -0.05) is 12.1 Å². The highest BCUT2D eigenvalue weighted by atomic mass is 16.4. The molecule has 7 nitrogen and oxygen atoms in total. The largest absolute Gasteiger partial charge is 0.478 e.